The number of ether oxygens (including phenoxy) is 1. The molecule has 1 aromatic rings. The first-order chi connectivity index (χ1) is 22.5. The van der Waals surface area contributed by atoms with E-state index in [-0.39, 0.29) is 43.7 Å². The van der Waals surface area contributed by atoms with Gasteiger partial charge in [0.2, 0.25) is 23.6 Å². The summed E-state index contributed by atoms with van der Waals surface area (Å²) in [4.78, 5) is 64.5. The van der Waals surface area contributed by atoms with Crippen molar-refractivity contribution in [1.82, 2.24) is 20.9 Å². The van der Waals surface area contributed by atoms with Crippen LogP contribution in [0.2, 0.25) is 0 Å². The lowest BCUT2D eigenvalue weighted by molar-refractivity contribution is -0.141. The summed E-state index contributed by atoms with van der Waals surface area (Å²) in [6.07, 6.45) is 3.91. The highest BCUT2D eigenvalue weighted by molar-refractivity contribution is 5.98. The Bertz CT molecular complexity index is 1280. The van der Waals surface area contributed by atoms with Crippen LogP contribution in [0.25, 0.3) is 0 Å². The van der Waals surface area contributed by atoms with Crippen molar-refractivity contribution in [2.75, 3.05) is 18.5 Å². The van der Waals surface area contributed by atoms with Gasteiger partial charge in [0.1, 0.15) is 18.3 Å². The smallest absolute Gasteiger partial charge is 0.312 e. The molecule has 0 radical (unpaired) electrons. The Balaban J connectivity index is 2.00. The van der Waals surface area contributed by atoms with Crippen molar-refractivity contribution in [2.24, 2.45) is 11.7 Å². The number of anilines is 1. The van der Waals surface area contributed by atoms with Crippen molar-refractivity contribution in [1.29, 1.82) is 0 Å². The van der Waals surface area contributed by atoms with Crippen LogP contribution in [0.5, 0.6) is 0 Å². The molecule has 14 heteroatoms. The van der Waals surface area contributed by atoms with Gasteiger partial charge >= 0.3 is 6.03 Å². The largest absolute Gasteiger partial charge is 0.392 e. The SMILES string of the molecule is CCC(C)(CCC(=O)N[C@H](C(=O)N[C@@H](CCCNC(N)=O)C(=O)Nc1ccc(CO)cc1)C(C)C)OCCC(C)(C)N1C(=O)C=CC1O. The number of carbonyl (C=O) groups excluding carboxylic acids is 5. The third-order valence-corrected chi connectivity index (χ3v) is 8.63. The van der Waals surface area contributed by atoms with Gasteiger partial charge < -0.3 is 46.9 Å². The van der Waals surface area contributed by atoms with Crippen LogP contribution in [-0.4, -0.2) is 87.4 Å². The molecule has 2 rings (SSSR count). The molecule has 268 valence electrons. The van der Waals surface area contributed by atoms with Crippen molar-refractivity contribution < 1.29 is 38.9 Å². The summed E-state index contributed by atoms with van der Waals surface area (Å²) in [6.45, 7) is 11.5. The van der Waals surface area contributed by atoms with Gasteiger partial charge in [-0.1, -0.05) is 32.9 Å². The summed E-state index contributed by atoms with van der Waals surface area (Å²) in [7, 11) is 0. The van der Waals surface area contributed by atoms with Crippen molar-refractivity contribution in [3.8, 4) is 0 Å². The van der Waals surface area contributed by atoms with Gasteiger partial charge in [-0.25, -0.2) is 4.79 Å². The molecule has 48 heavy (non-hydrogen) atoms. The van der Waals surface area contributed by atoms with E-state index < -0.39 is 47.3 Å². The maximum atomic E-state index is 13.5. The number of urea groups is 1. The summed E-state index contributed by atoms with van der Waals surface area (Å²) >= 11 is 0. The number of hydrogen-bond donors (Lipinski definition) is 7. The van der Waals surface area contributed by atoms with Gasteiger partial charge in [0.05, 0.1) is 12.2 Å². The van der Waals surface area contributed by atoms with E-state index in [9.17, 15) is 34.2 Å². The average molecular weight is 675 g/mol. The minimum absolute atomic E-state index is 0.0873. The maximum Gasteiger partial charge on any atom is 0.312 e. The molecule has 2 unspecified atom stereocenters. The zero-order chi connectivity index (χ0) is 36.1. The lowest BCUT2D eigenvalue weighted by Crippen LogP contribution is -2.54. The highest BCUT2D eigenvalue weighted by Crippen LogP contribution is 2.28. The number of nitrogens with zero attached hydrogens (tertiary/aromatic N) is 1. The Morgan fingerprint density at radius 1 is 1.04 bits per heavy atom. The van der Waals surface area contributed by atoms with Crippen LogP contribution in [-0.2, 0) is 30.5 Å². The fourth-order valence-electron chi connectivity index (χ4n) is 5.27. The first-order valence-corrected chi connectivity index (χ1v) is 16.5. The molecule has 1 heterocycles. The molecule has 6 amide bonds. The van der Waals surface area contributed by atoms with E-state index in [0.717, 1.165) is 0 Å². The van der Waals surface area contributed by atoms with Crippen LogP contribution in [0, 0.1) is 5.92 Å². The quantitative estimate of drug-likeness (QED) is 0.101. The van der Waals surface area contributed by atoms with Crippen molar-refractivity contribution in [3.05, 3.63) is 42.0 Å². The second-order valence-electron chi connectivity index (χ2n) is 13.3. The third kappa shape index (κ3) is 12.5. The number of aliphatic hydroxyl groups excluding tert-OH is 2. The number of primary amides is 1. The molecule has 0 bridgehead atoms. The summed E-state index contributed by atoms with van der Waals surface area (Å²) < 4.78 is 6.21. The maximum absolute atomic E-state index is 13.5. The van der Waals surface area contributed by atoms with Crippen LogP contribution >= 0.6 is 0 Å². The predicted octanol–water partition coefficient (Wildman–Crippen LogP) is 2.04. The zero-order valence-electron chi connectivity index (χ0n) is 29.0. The molecule has 0 fully saturated rings. The van der Waals surface area contributed by atoms with Crippen LogP contribution in [0.1, 0.15) is 85.6 Å². The number of aliphatic hydroxyl groups is 2. The Labute approximate surface area is 283 Å². The van der Waals surface area contributed by atoms with E-state index in [1.54, 1.807) is 38.1 Å². The Morgan fingerprint density at radius 3 is 2.25 bits per heavy atom. The Kier molecular flexibility index (Phi) is 15.5. The number of carbonyl (C=O) groups is 5. The molecule has 0 saturated carbocycles. The van der Waals surface area contributed by atoms with Crippen LogP contribution < -0.4 is 27.0 Å². The molecule has 1 aliphatic rings. The standard InChI is InChI=1S/C34H54N6O8/c1-7-34(6,48-20-18-33(4,5)40-27(43)14-15-28(40)44)17-16-26(42)39-29(22(2)3)31(46)38-25(9-8-19-36-32(35)47)30(45)37-24-12-10-23(21-41)11-13-24/h10-15,22,25,27,29,41,43H,7-9,16-21H2,1-6H3,(H,37,45)(H,38,46)(H,39,42)(H3,35,36,47)/t25-,27?,29-,34?/m0/s1. The van der Waals surface area contributed by atoms with E-state index in [4.69, 9.17) is 10.5 Å². The molecular weight excluding hydrogens is 620 g/mol. The van der Waals surface area contributed by atoms with Gasteiger partial charge in [-0.3, -0.25) is 19.2 Å². The number of benzene rings is 1. The van der Waals surface area contributed by atoms with Gasteiger partial charge in [0.15, 0.2) is 0 Å². The average Bonchev–Trinajstić information content (AvgIpc) is 3.38. The molecule has 1 aromatic carbocycles. The zero-order valence-corrected chi connectivity index (χ0v) is 29.0. The number of rotatable bonds is 20. The van der Waals surface area contributed by atoms with Crippen molar-refractivity contribution >= 4 is 35.3 Å². The van der Waals surface area contributed by atoms with Crippen molar-refractivity contribution in [2.45, 2.75) is 116 Å². The van der Waals surface area contributed by atoms with Crippen LogP contribution in [0.3, 0.4) is 0 Å². The van der Waals surface area contributed by atoms with Gasteiger partial charge in [0.25, 0.3) is 0 Å². The van der Waals surface area contributed by atoms with E-state index in [0.29, 0.717) is 43.5 Å². The van der Waals surface area contributed by atoms with Gasteiger partial charge in [0, 0.05) is 36.9 Å². The molecule has 0 aliphatic carbocycles. The van der Waals surface area contributed by atoms with E-state index in [2.05, 4.69) is 21.3 Å². The van der Waals surface area contributed by atoms with Gasteiger partial charge in [-0.2, -0.15) is 0 Å². The number of nitrogens with one attached hydrogen (secondary N) is 4. The predicted molar refractivity (Wildman–Crippen MR) is 181 cm³/mol. The Hall–Kier alpha value is -4.01. The molecule has 14 nitrogen and oxygen atoms in total. The van der Waals surface area contributed by atoms with Crippen LogP contribution in [0.15, 0.2) is 36.4 Å². The van der Waals surface area contributed by atoms with Crippen LogP contribution in [0.4, 0.5) is 10.5 Å². The third-order valence-electron chi connectivity index (χ3n) is 8.63. The topological polar surface area (TPSA) is 212 Å². The fourth-order valence-corrected chi connectivity index (χ4v) is 5.27. The summed E-state index contributed by atoms with van der Waals surface area (Å²) in [5, 5.41) is 30.3. The lowest BCUT2D eigenvalue weighted by atomic mass is 9.94. The first-order valence-electron chi connectivity index (χ1n) is 16.5. The first kappa shape index (κ1) is 40.2. The molecule has 0 aromatic heterocycles. The minimum Gasteiger partial charge on any atom is -0.392 e. The molecule has 8 N–H and O–H groups in total. The summed E-state index contributed by atoms with van der Waals surface area (Å²) in [5.74, 6) is -1.91. The minimum atomic E-state index is -0.979. The number of nitrogens with two attached hydrogens (primary N) is 1. The lowest BCUT2D eigenvalue weighted by Gasteiger charge is -2.39. The van der Waals surface area contributed by atoms with E-state index in [1.165, 1.54) is 17.1 Å². The number of amides is 6. The molecule has 0 saturated heterocycles. The van der Waals surface area contributed by atoms with E-state index in [1.807, 2.05) is 27.7 Å². The monoisotopic (exact) mass is 674 g/mol. The Morgan fingerprint density at radius 2 is 1.71 bits per heavy atom. The molecule has 1 aliphatic heterocycles. The molecule has 4 atom stereocenters. The van der Waals surface area contributed by atoms with Gasteiger partial charge in [-0.15, -0.1) is 0 Å². The number of hydrogen-bond acceptors (Lipinski definition) is 8. The fraction of sp³-hybridized carbons (Fsp3) is 0.618. The van der Waals surface area contributed by atoms with Crippen molar-refractivity contribution in [3.63, 3.8) is 0 Å². The van der Waals surface area contributed by atoms with E-state index >= 15 is 0 Å². The molecular formula is C34H54N6O8. The molecule has 0 spiro atoms. The highest BCUT2D eigenvalue weighted by atomic mass is 16.5. The second kappa shape index (κ2) is 18.5. The highest BCUT2D eigenvalue weighted by Gasteiger charge is 2.37. The summed E-state index contributed by atoms with van der Waals surface area (Å²) in [5.41, 5.74) is 4.99. The normalized spacial score (nSPS) is 17.1. The second-order valence-corrected chi connectivity index (χ2v) is 13.3. The van der Waals surface area contributed by atoms with Gasteiger partial charge in [-0.05, 0) is 82.6 Å². The summed E-state index contributed by atoms with van der Waals surface area (Å²) in [6, 6.07) is 4.01.